The molecule has 31 heavy (non-hydrogen) atoms. The number of hydrogen-bond donors (Lipinski definition) is 1. The van der Waals surface area contributed by atoms with Crippen molar-refractivity contribution >= 4 is 17.5 Å². The first-order valence-corrected chi connectivity index (χ1v) is 9.93. The standard InChI is InChI=1S/C21H16ClN5O4/c1-11-16(17(25-30-11)13-5-2-3-7-15(13)22)21(29)27-9-12(10-27)20-24-18(26-31-20)14-6-4-8-23-19(14)28/h2-8,12H,9-10H2,1H3,(H,23,28). The Balaban J connectivity index is 1.34. The third-order valence-corrected chi connectivity index (χ3v) is 5.55. The maximum absolute atomic E-state index is 13.1. The number of halogens is 1. The van der Waals surface area contributed by atoms with Gasteiger partial charge in [0.05, 0.1) is 16.5 Å². The quantitative estimate of drug-likeness (QED) is 0.520. The summed E-state index contributed by atoms with van der Waals surface area (Å²) < 4.78 is 10.6. The van der Waals surface area contributed by atoms with Crippen LogP contribution in [0.15, 0.2) is 56.4 Å². The second kappa shape index (κ2) is 7.51. The molecule has 0 radical (unpaired) electrons. The molecule has 156 valence electrons. The van der Waals surface area contributed by atoms with Crippen molar-refractivity contribution in [1.82, 2.24) is 25.2 Å². The molecular formula is C21H16ClN5O4. The van der Waals surface area contributed by atoms with Crippen LogP contribution in [0.3, 0.4) is 0 Å². The van der Waals surface area contributed by atoms with Crippen molar-refractivity contribution in [3.8, 4) is 22.6 Å². The van der Waals surface area contributed by atoms with Gasteiger partial charge in [-0.15, -0.1) is 0 Å². The Hall–Kier alpha value is -3.72. The van der Waals surface area contributed by atoms with Crippen molar-refractivity contribution < 1.29 is 13.8 Å². The summed E-state index contributed by atoms with van der Waals surface area (Å²) in [7, 11) is 0. The van der Waals surface area contributed by atoms with E-state index in [0.717, 1.165) is 0 Å². The van der Waals surface area contributed by atoms with Gasteiger partial charge in [0.1, 0.15) is 17.0 Å². The highest BCUT2D eigenvalue weighted by Crippen LogP contribution is 2.34. The molecular weight excluding hydrogens is 422 g/mol. The average Bonchev–Trinajstić information content (AvgIpc) is 3.34. The van der Waals surface area contributed by atoms with Crippen LogP contribution in [0.5, 0.6) is 0 Å². The summed E-state index contributed by atoms with van der Waals surface area (Å²) in [6.07, 6.45) is 1.53. The number of H-pyrrole nitrogens is 1. The number of aryl methyl sites for hydroxylation is 1. The summed E-state index contributed by atoms with van der Waals surface area (Å²) >= 11 is 6.28. The van der Waals surface area contributed by atoms with Gasteiger partial charge in [0.15, 0.2) is 0 Å². The summed E-state index contributed by atoms with van der Waals surface area (Å²) in [6.45, 7) is 2.50. The zero-order valence-corrected chi connectivity index (χ0v) is 17.1. The molecule has 5 rings (SSSR count). The predicted octanol–water partition coefficient (Wildman–Crippen LogP) is 3.28. The fourth-order valence-corrected chi connectivity index (χ4v) is 3.75. The number of aromatic nitrogens is 4. The second-order valence-electron chi connectivity index (χ2n) is 7.22. The van der Waals surface area contributed by atoms with Gasteiger partial charge in [-0.25, -0.2) is 0 Å². The van der Waals surface area contributed by atoms with E-state index in [1.54, 1.807) is 36.1 Å². The van der Waals surface area contributed by atoms with Crippen molar-refractivity contribution in [2.24, 2.45) is 0 Å². The number of benzene rings is 1. The number of amides is 1. The fourth-order valence-electron chi connectivity index (χ4n) is 3.53. The molecule has 9 nitrogen and oxygen atoms in total. The normalized spacial score (nSPS) is 13.9. The maximum Gasteiger partial charge on any atom is 0.259 e. The number of likely N-dealkylation sites (tertiary alicyclic amines) is 1. The first kappa shape index (κ1) is 19.3. The smallest absolute Gasteiger partial charge is 0.259 e. The van der Waals surface area contributed by atoms with Crippen LogP contribution in [-0.4, -0.2) is 44.2 Å². The lowest BCUT2D eigenvalue weighted by molar-refractivity contribution is 0.0568. The Bertz CT molecular complexity index is 1340. The number of nitrogens with zero attached hydrogens (tertiary/aromatic N) is 4. The monoisotopic (exact) mass is 437 g/mol. The Morgan fingerprint density at radius 1 is 1.13 bits per heavy atom. The molecule has 10 heteroatoms. The van der Waals surface area contributed by atoms with E-state index in [9.17, 15) is 9.59 Å². The number of hydrogen-bond acceptors (Lipinski definition) is 7. The number of pyridine rings is 1. The number of aromatic amines is 1. The van der Waals surface area contributed by atoms with Crippen molar-refractivity contribution in [1.29, 1.82) is 0 Å². The lowest BCUT2D eigenvalue weighted by Gasteiger charge is -2.37. The maximum atomic E-state index is 13.1. The molecule has 0 atom stereocenters. The highest BCUT2D eigenvalue weighted by molar-refractivity contribution is 6.33. The molecule has 4 heterocycles. The summed E-state index contributed by atoms with van der Waals surface area (Å²) in [5.41, 5.74) is 1.47. The number of carbonyl (C=O) groups is 1. The summed E-state index contributed by atoms with van der Waals surface area (Å²) in [4.78, 5) is 33.6. The summed E-state index contributed by atoms with van der Waals surface area (Å²) in [5.74, 6) is 0.709. The van der Waals surface area contributed by atoms with E-state index in [1.165, 1.54) is 6.20 Å². The molecule has 0 bridgehead atoms. The molecule has 0 unspecified atom stereocenters. The predicted molar refractivity (Wildman–Crippen MR) is 111 cm³/mol. The number of carbonyl (C=O) groups excluding carboxylic acids is 1. The molecule has 1 aliphatic heterocycles. The Morgan fingerprint density at radius 3 is 2.68 bits per heavy atom. The van der Waals surface area contributed by atoms with Gasteiger partial charge < -0.3 is 18.9 Å². The molecule has 3 aromatic heterocycles. The van der Waals surface area contributed by atoms with Gasteiger partial charge >= 0.3 is 0 Å². The Labute approximate surface area is 180 Å². The Morgan fingerprint density at radius 2 is 1.90 bits per heavy atom. The highest BCUT2D eigenvalue weighted by atomic mass is 35.5. The number of rotatable bonds is 4. The van der Waals surface area contributed by atoms with Crippen LogP contribution in [0, 0.1) is 6.92 Å². The molecule has 1 aromatic carbocycles. The Kier molecular flexibility index (Phi) is 4.67. The molecule has 1 aliphatic rings. The fraction of sp³-hybridized carbons (Fsp3) is 0.190. The van der Waals surface area contributed by atoms with E-state index < -0.39 is 0 Å². The minimum atomic E-state index is -0.296. The van der Waals surface area contributed by atoms with E-state index in [4.69, 9.17) is 20.6 Å². The first-order valence-electron chi connectivity index (χ1n) is 9.55. The third kappa shape index (κ3) is 3.32. The van der Waals surface area contributed by atoms with E-state index in [1.807, 2.05) is 12.1 Å². The van der Waals surface area contributed by atoms with E-state index in [-0.39, 0.29) is 23.2 Å². The SMILES string of the molecule is Cc1onc(-c2ccccc2Cl)c1C(=O)N1CC(c2nc(-c3ccc[nH]c3=O)no2)C1. The van der Waals surface area contributed by atoms with Crippen LogP contribution in [-0.2, 0) is 0 Å². The average molecular weight is 438 g/mol. The molecule has 0 spiro atoms. The lowest BCUT2D eigenvalue weighted by atomic mass is 9.97. The van der Waals surface area contributed by atoms with Crippen molar-refractivity contribution in [2.45, 2.75) is 12.8 Å². The molecule has 1 fully saturated rings. The van der Waals surface area contributed by atoms with E-state index in [2.05, 4.69) is 20.3 Å². The van der Waals surface area contributed by atoms with Crippen LogP contribution in [0.4, 0.5) is 0 Å². The molecule has 1 N–H and O–H groups in total. The van der Waals surface area contributed by atoms with Gasteiger partial charge in [-0.1, -0.05) is 40.1 Å². The second-order valence-corrected chi connectivity index (χ2v) is 7.63. The minimum absolute atomic E-state index is 0.114. The van der Waals surface area contributed by atoms with E-state index >= 15 is 0 Å². The lowest BCUT2D eigenvalue weighted by Crippen LogP contribution is -2.48. The zero-order chi connectivity index (χ0) is 21.5. The van der Waals surface area contributed by atoms with Gasteiger partial charge in [-0.05, 0) is 25.1 Å². The van der Waals surface area contributed by atoms with Gasteiger partial charge in [0.2, 0.25) is 11.7 Å². The molecule has 1 saturated heterocycles. The van der Waals surface area contributed by atoms with Crippen molar-refractivity contribution in [2.75, 3.05) is 13.1 Å². The highest BCUT2D eigenvalue weighted by Gasteiger charge is 2.38. The van der Waals surface area contributed by atoms with Crippen molar-refractivity contribution in [3.05, 3.63) is 75.2 Å². The zero-order valence-electron chi connectivity index (χ0n) is 16.3. The van der Waals surface area contributed by atoms with Crippen LogP contribution in [0.1, 0.15) is 27.9 Å². The van der Waals surface area contributed by atoms with Crippen LogP contribution in [0.2, 0.25) is 5.02 Å². The van der Waals surface area contributed by atoms with Crippen molar-refractivity contribution in [3.63, 3.8) is 0 Å². The first-order chi connectivity index (χ1) is 15.0. The van der Waals surface area contributed by atoms with E-state index in [0.29, 0.717) is 52.1 Å². The van der Waals surface area contributed by atoms with Gasteiger partial charge in [-0.2, -0.15) is 4.98 Å². The van der Waals surface area contributed by atoms with Gasteiger partial charge in [-0.3, -0.25) is 9.59 Å². The largest absolute Gasteiger partial charge is 0.360 e. The van der Waals surface area contributed by atoms with Gasteiger partial charge in [0, 0.05) is 24.8 Å². The molecule has 0 saturated carbocycles. The molecule has 4 aromatic rings. The molecule has 1 amide bonds. The molecule has 0 aliphatic carbocycles. The summed E-state index contributed by atoms with van der Waals surface area (Å²) in [6, 6.07) is 10.5. The third-order valence-electron chi connectivity index (χ3n) is 5.22. The number of nitrogens with one attached hydrogen (secondary N) is 1. The van der Waals surface area contributed by atoms with Crippen LogP contribution in [0.25, 0.3) is 22.6 Å². The topological polar surface area (TPSA) is 118 Å². The minimum Gasteiger partial charge on any atom is -0.360 e. The summed E-state index contributed by atoms with van der Waals surface area (Å²) in [5, 5.41) is 8.44. The van der Waals surface area contributed by atoms with Gasteiger partial charge in [0.25, 0.3) is 11.5 Å². The van der Waals surface area contributed by atoms with Crippen LogP contribution >= 0.6 is 11.6 Å². The van der Waals surface area contributed by atoms with Crippen LogP contribution < -0.4 is 5.56 Å².